The minimum absolute atomic E-state index is 0.144. The normalized spacial score (nSPS) is 28.1. The Morgan fingerprint density at radius 2 is 1.78 bits per heavy atom. The van der Waals surface area contributed by atoms with Crippen molar-refractivity contribution >= 4 is 14.1 Å². The molecule has 0 spiro atoms. The van der Waals surface area contributed by atoms with E-state index in [-0.39, 0.29) is 17.0 Å². The lowest BCUT2D eigenvalue weighted by Crippen LogP contribution is -2.69. The van der Waals surface area contributed by atoms with Crippen molar-refractivity contribution in [2.75, 3.05) is 0 Å². The fourth-order valence-corrected chi connectivity index (χ4v) is 6.30. The molecule has 1 unspecified atom stereocenters. The average molecular weight is 328 g/mol. The number of nitrogens with zero attached hydrogens (tertiary/aromatic N) is 1. The minimum atomic E-state index is -1.86. The van der Waals surface area contributed by atoms with Crippen LogP contribution in [0.2, 0.25) is 18.1 Å². The Morgan fingerprint density at radius 3 is 2.30 bits per heavy atom. The predicted octanol–water partition coefficient (Wildman–Crippen LogP) is 5.16. The second-order valence-electron chi connectivity index (χ2n) is 8.57. The lowest BCUT2D eigenvalue weighted by atomic mass is 9.76. The first-order valence-corrected chi connectivity index (χ1v) is 11.7. The van der Waals surface area contributed by atoms with Crippen LogP contribution in [0, 0.1) is 11.8 Å². The number of hydrogen-bond acceptors (Lipinski definition) is 1. The molecule has 124 valence electrons. The second kappa shape index (κ2) is 5.62. The van der Waals surface area contributed by atoms with Gasteiger partial charge in [0.05, 0.1) is 12.0 Å². The van der Waals surface area contributed by atoms with Gasteiger partial charge >= 0.3 is 0 Å². The monoisotopic (exact) mass is 327 g/mol. The van der Waals surface area contributed by atoms with Crippen LogP contribution in [-0.4, -0.2) is 18.7 Å². The van der Waals surface area contributed by atoms with Gasteiger partial charge in [-0.1, -0.05) is 76.3 Å². The predicted molar refractivity (Wildman–Crippen MR) is 98.6 cm³/mol. The molecule has 1 fully saturated rings. The van der Waals surface area contributed by atoms with Crippen molar-refractivity contribution in [1.82, 2.24) is 4.57 Å². The molecule has 1 aliphatic carbocycles. The molecule has 1 aromatic rings. The number of carbonyl (C=O) groups is 1. The third kappa shape index (κ3) is 2.59. The summed E-state index contributed by atoms with van der Waals surface area (Å²) in [5.41, 5.74) is 1.31. The largest absolute Gasteiger partial charge is 0.361 e. The highest BCUT2D eigenvalue weighted by molar-refractivity contribution is 6.80. The van der Waals surface area contributed by atoms with Gasteiger partial charge in [0.2, 0.25) is 5.91 Å². The SMILES string of the molecule is CC(C)(C)[Si](C)(C)N1C(=O)[C@@H](C2C=CCC2)[C@@H]1c1ccccc1. The highest BCUT2D eigenvalue weighted by Gasteiger charge is 2.59. The summed E-state index contributed by atoms with van der Waals surface area (Å²) in [6, 6.07) is 10.9. The molecule has 0 bridgehead atoms. The van der Waals surface area contributed by atoms with Crippen molar-refractivity contribution in [3.63, 3.8) is 0 Å². The Hall–Kier alpha value is -1.35. The number of carbonyl (C=O) groups excluding carboxylic acids is 1. The molecule has 0 radical (unpaired) electrons. The van der Waals surface area contributed by atoms with E-state index in [4.69, 9.17) is 0 Å². The number of rotatable bonds is 3. The second-order valence-corrected chi connectivity index (χ2v) is 13.7. The summed E-state index contributed by atoms with van der Waals surface area (Å²) in [5, 5.41) is 0.173. The van der Waals surface area contributed by atoms with Crippen LogP contribution in [0.25, 0.3) is 0 Å². The third-order valence-electron chi connectivity index (χ3n) is 6.23. The average Bonchev–Trinajstić information content (AvgIpc) is 2.97. The van der Waals surface area contributed by atoms with Crippen LogP contribution in [0.15, 0.2) is 42.5 Å². The standard InChI is InChI=1S/C20H29NOSi/c1-20(2,3)23(4,5)21-18(16-13-7-6-8-14-16)17(19(21)22)15-11-9-10-12-15/h6-9,11,13-15,17-18H,10,12H2,1-5H3/t15?,17-,18-/m0/s1. The molecule has 1 aromatic carbocycles. The molecule has 3 atom stereocenters. The summed E-state index contributed by atoms with van der Waals surface area (Å²) < 4.78 is 2.29. The van der Waals surface area contributed by atoms with Gasteiger partial charge in [-0.25, -0.2) is 0 Å². The maximum Gasteiger partial charge on any atom is 0.221 e. The van der Waals surface area contributed by atoms with Gasteiger partial charge in [0, 0.05) is 0 Å². The van der Waals surface area contributed by atoms with Crippen LogP contribution in [-0.2, 0) is 4.79 Å². The number of amides is 1. The Bertz CT molecular complexity index is 614. The van der Waals surface area contributed by atoms with E-state index in [0.29, 0.717) is 11.8 Å². The summed E-state index contributed by atoms with van der Waals surface area (Å²) in [5.74, 6) is 0.959. The molecule has 1 aliphatic heterocycles. The molecule has 1 saturated heterocycles. The molecule has 3 rings (SSSR count). The van der Waals surface area contributed by atoms with E-state index in [0.717, 1.165) is 12.8 Å². The zero-order valence-corrected chi connectivity index (χ0v) is 16.0. The molecule has 0 N–H and O–H groups in total. The van der Waals surface area contributed by atoms with Gasteiger partial charge in [0.1, 0.15) is 0 Å². The Balaban J connectivity index is 1.99. The molecule has 2 aliphatic rings. The summed E-state index contributed by atoms with van der Waals surface area (Å²) in [4.78, 5) is 13.2. The molecule has 23 heavy (non-hydrogen) atoms. The van der Waals surface area contributed by atoms with Gasteiger partial charge in [-0.05, 0) is 29.4 Å². The maximum atomic E-state index is 13.2. The minimum Gasteiger partial charge on any atom is -0.361 e. The zero-order valence-electron chi connectivity index (χ0n) is 15.0. The molecule has 0 saturated carbocycles. The molecule has 1 amide bonds. The van der Waals surface area contributed by atoms with Crippen molar-refractivity contribution in [2.24, 2.45) is 11.8 Å². The number of benzene rings is 1. The Kier molecular flexibility index (Phi) is 4.03. The molecule has 1 heterocycles. The van der Waals surface area contributed by atoms with Crippen LogP contribution in [0.3, 0.4) is 0 Å². The third-order valence-corrected chi connectivity index (χ3v) is 11.6. The van der Waals surface area contributed by atoms with Gasteiger partial charge in [-0.15, -0.1) is 0 Å². The van der Waals surface area contributed by atoms with E-state index in [9.17, 15) is 4.79 Å². The number of hydrogen-bond donors (Lipinski definition) is 0. The first-order chi connectivity index (χ1) is 10.7. The van der Waals surface area contributed by atoms with E-state index in [1.54, 1.807) is 0 Å². The topological polar surface area (TPSA) is 20.3 Å². The van der Waals surface area contributed by atoms with Crippen molar-refractivity contribution < 1.29 is 4.79 Å². The van der Waals surface area contributed by atoms with Crippen LogP contribution in [0.4, 0.5) is 0 Å². The van der Waals surface area contributed by atoms with E-state index < -0.39 is 8.24 Å². The van der Waals surface area contributed by atoms with Crippen LogP contribution < -0.4 is 0 Å². The van der Waals surface area contributed by atoms with Gasteiger partial charge < -0.3 is 4.57 Å². The van der Waals surface area contributed by atoms with Gasteiger partial charge in [-0.2, -0.15) is 0 Å². The zero-order chi connectivity index (χ0) is 16.8. The highest BCUT2D eigenvalue weighted by atomic mass is 28.3. The summed E-state index contributed by atoms with van der Waals surface area (Å²) in [7, 11) is -1.86. The molecular weight excluding hydrogens is 298 g/mol. The Morgan fingerprint density at radius 1 is 1.13 bits per heavy atom. The van der Waals surface area contributed by atoms with E-state index >= 15 is 0 Å². The van der Waals surface area contributed by atoms with E-state index in [1.807, 2.05) is 0 Å². The number of allylic oxidation sites excluding steroid dienone is 2. The fourth-order valence-electron chi connectivity index (χ4n) is 3.87. The summed E-state index contributed by atoms with van der Waals surface area (Å²) >= 11 is 0. The van der Waals surface area contributed by atoms with Crippen LogP contribution in [0.1, 0.15) is 45.2 Å². The van der Waals surface area contributed by atoms with Gasteiger partial charge in [0.25, 0.3) is 0 Å². The van der Waals surface area contributed by atoms with E-state index in [2.05, 4.69) is 80.9 Å². The molecule has 0 aromatic heterocycles. The fraction of sp³-hybridized carbons (Fsp3) is 0.550. The van der Waals surface area contributed by atoms with Crippen molar-refractivity contribution in [3.8, 4) is 0 Å². The number of β-lactam (4-membered cyclic amide) rings is 1. The maximum absolute atomic E-state index is 13.2. The summed E-state index contributed by atoms with van der Waals surface area (Å²) in [6.45, 7) is 11.6. The molecule has 2 nitrogen and oxygen atoms in total. The highest BCUT2D eigenvalue weighted by Crippen LogP contribution is 2.53. The summed E-state index contributed by atoms with van der Waals surface area (Å²) in [6.07, 6.45) is 6.78. The van der Waals surface area contributed by atoms with Gasteiger partial charge in [0.15, 0.2) is 8.24 Å². The van der Waals surface area contributed by atoms with Crippen molar-refractivity contribution in [1.29, 1.82) is 0 Å². The lowest BCUT2D eigenvalue weighted by Gasteiger charge is -2.59. The first-order valence-electron chi connectivity index (χ1n) is 8.80. The van der Waals surface area contributed by atoms with Crippen LogP contribution >= 0.6 is 0 Å². The smallest absolute Gasteiger partial charge is 0.221 e. The first kappa shape index (κ1) is 16.5. The van der Waals surface area contributed by atoms with Crippen molar-refractivity contribution in [3.05, 3.63) is 48.0 Å². The molecular formula is C20H29NOSi. The quantitative estimate of drug-likeness (QED) is 0.427. The van der Waals surface area contributed by atoms with Crippen molar-refractivity contribution in [2.45, 2.75) is 57.8 Å². The van der Waals surface area contributed by atoms with Crippen LogP contribution in [0.5, 0.6) is 0 Å². The van der Waals surface area contributed by atoms with Gasteiger partial charge in [-0.3, -0.25) is 4.79 Å². The van der Waals surface area contributed by atoms with E-state index in [1.165, 1.54) is 5.56 Å². The Labute approximate surface area is 141 Å². The molecule has 3 heteroatoms. The lowest BCUT2D eigenvalue weighted by molar-refractivity contribution is -0.151.